The molecule has 2 aliphatic rings. The maximum atomic E-state index is 14.9. The molecule has 334 valence electrons. The van der Waals surface area contributed by atoms with Gasteiger partial charge in [-0.25, -0.2) is 27.2 Å². The fourth-order valence-electron chi connectivity index (χ4n) is 6.59. The number of amides is 4. The zero-order valence-corrected chi connectivity index (χ0v) is 34.1. The third-order valence-electron chi connectivity index (χ3n) is 9.94. The average molecular weight is 927 g/mol. The van der Waals surface area contributed by atoms with Crippen LogP contribution in [0.2, 0.25) is 10.0 Å². The Morgan fingerprint density at radius 1 is 0.714 bits per heavy atom. The van der Waals surface area contributed by atoms with Crippen molar-refractivity contribution in [2.45, 2.75) is 44.3 Å². The fraction of sp³-hybridized carbons (Fsp3) is 0.293. The number of alkyl halides is 3. The number of ketones is 1. The number of aliphatic hydroxyl groups is 2. The van der Waals surface area contributed by atoms with Crippen LogP contribution in [0.5, 0.6) is 0 Å². The topological polar surface area (TPSA) is 170 Å². The van der Waals surface area contributed by atoms with Gasteiger partial charge < -0.3 is 30.2 Å². The van der Waals surface area contributed by atoms with Crippen LogP contribution in [0.4, 0.5) is 51.7 Å². The Kier molecular flexibility index (Phi) is 14.6. The molecule has 2 atom stereocenters. The van der Waals surface area contributed by atoms with E-state index in [2.05, 4.69) is 14.6 Å². The molecular weight excluding hydrogens is 890 g/mol. The predicted molar refractivity (Wildman–Crippen MR) is 215 cm³/mol. The van der Waals surface area contributed by atoms with Gasteiger partial charge >= 0.3 is 24.1 Å². The summed E-state index contributed by atoms with van der Waals surface area (Å²) in [6, 6.07) is 13.7. The van der Waals surface area contributed by atoms with Crippen LogP contribution in [0, 0.1) is 23.3 Å². The number of urea groups is 2. The van der Waals surface area contributed by atoms with Crippen molar-refractivity contribution in [1.82, 2.24) is 20.0 Å². The van der Waals surface area contributed by atoms with Gasteiger partial charge in [-0.05, 0) is 67.4 Å². The molecule has 2 fully saturated rings. The number of Topliss-reactive ketones (excluding diaryl/α,β-unsaturated/α-hetero) is 1. The molecule has 0 bridgehead atoms. The molecule has 4 N–H and O–H groups in total. The van der Waals surface area contributed by atoms with E-state index in [1.165, 1.54) is 63.2 Å². The number of carbonyl (C=O) groups excluding carboxylic acids is 3. The van der Waals surface area contributed by atoms with Gasteiger partial charge in [0.05, 0.1) is 41.9 Å². The van der Waals surface area contributed by atoms with Gasteiger partial charge in [0.15, 0.2) is 5.78 Å². The van der Waals surface area contributed by atoms with Crippen LogP contribution in [0.1, 0.15) is 40.2 Å². The van der Waals surface area contributed by atoms with Crippen molar-refractivity contribution in [1.29, 1.82) is 0 Å². The molecule has 3 heterocycles. The third-order valence-corrected chi connectivity index (χ3v) is 10.5. The number of anilines is 2. The summed E-state index contributed by atoms with van der Waals surface area (Å²) in [7, 11) is 0. The number of carbonyl (C=O) groups is 3. The number of rotatable bonds is 9. The van der Waals surface area contributed by atoms with E-state index >= 15 is 0 Å². The first-order chi connectivity index (χ1) is 29.8. The number of benzene rings is 4. The van der Waals surface area contributed by atoms with Gasteiger partial charge in [-0.2, -0.15) is 13.2 Å². The minimum Gasteiger partial charge on any atom is -0.413 e. The minimum absolute atomic E-state index is 0.00727. The second-order valence-corrected chi connectivity index (χ2v) is 15.2. The van der Waals surface area contributed by atoms with Gasteiger partial charge in [0.2, 0.25) is 5.89 Å². The lowest BCUT2D eigenvalue weighted by molar-refractivity contribution is -0.156. The van der Waals surface area contributed by atoms with E-state index in [0.29, 0.717) is 19.4 Å². The molecule has 1 aromatic heterocycles. The van der Waals surface area contributed by atoms with Crippen molar-refractivity contribution < 1.29 is 59.7 Å². The number of hydrogen-bond acceptors (Lipinski definition) is 9. The second kappa shape index (κ2) is 19.7. The third kappa shape index (κ3) is 11.2. The summed E-state index contributed by atoms with van der Waals surface area (Å²) in [5.74, 6) is -5.36. The number of aliphatic hydroxyl groups excluding tert-OH is 2. The van der Waals surface area contributed by atoms with Crippen LogP contribution in [0.15, 0.2) is 77.2 Å². The van der Waals surface area contributed by atoms with Crippen molar-refractivity contribution in [3.8, 4) is 11.5 Å². The summed E-state index contributed by atoms with van der Waals surface area (Å²) < 4.78 is 99.4. The highest BCUT2D eigenvalue weighted by atomic mass is 35.5. The molecule has 5 aromatic rings. The smallest absolute Gasteiger partial charge is 0.413 e. The summed E-state index contributed by atoms with van der Waals surface area (Å²) in [6.07, 6.45) is -5.36. The van der Waals surface area contributed by atoms with Crippen molar-refractivity contribution in [3.05, 3.63) is 129 Å². The summed E-state index contributed by atoms with van der Waals surface area (Å²) >= 11 is 11.7. The average Bonchev–Trinajstić information content (AvgIpc) is 4.03. The molecular formula is C41H36Cl2F7N7O6. The van der Waals surface area contributed by atoms with Gasteiger partial charge in [-0.1, -0.05) is 41.4 Å². The van der Waals surface area contributed by atoms with Crippen molar-refractivity contribution in [2.75, 3.05) is 42.5 Å². The van der Waals surface area contributed by atoms with Gasteiger partial charge in [-0.3, -0.25) is 14.6 Å². The monoisotopic (exact) mass is 925 g/mol. The minimum atomic E-state index is -4.84. The molecule has 22 heteroatoms. The van der Waals surface area contributed by atoms with E-state index in [1.807, 2.05) is 0 Å². The van der Waals surface area contributed by atoms with Crippen LogP contribution >= 0.6 is 23.2 Å². The Bertz CT molecular complexity index is 2500. The standard InChI is InChI=1S/C21H16ClF5N4O3.C20H20ClF2N3O3/c22-15-8-13(3-4-16(15)23)31(20(33)30-6-5-14(32)10-30)9-12-2-1-11(7-17(12)24)18-28-29-19(34-18)21(25,26)27;21-16-8-14(3-4-17(16)22)26(20(29)25-6-5-15(27)11-25)10-13-2-1-12(7-18(13)23)19(28)9-24/h1-4,7-8,14,32H,5-6,9-10H2;1-4,7-8,15,27H,5-6,9-11,24H2/t14-;15-/m11/s1. The normalized spacial score (nSPS) is 16.2. The van der Waals surface area contributed by atoms with Gasteiger partial charge in [-0.15, -0.1) is 10.2 Å². The molecule has 63 heavy (non-hydrogen) atoms. The molecule has 2 aliphatic heterocycles. The highest BCUT2D eigenvalue weighted by Crippen LogP contribution is 2.32. The number of nitrogens with two attached hydrogens (primary N) is 1. The first-order valence-corrected chi connectivity index (χ1v) is 19.7. The number of hydrogen-bond donors (Lipinski definition) is 3. The summed E-state index contributed by atoms with van der Waals surface area (Å²) in [4.78, 5) is 43.1. The van der Waals surface area contributed by atoms with E-state index in [0.717, 1.165) is 29.2 Å². The highest BCUT2D eigenvalue weighted by Gasteiger charge is 2.38. The molecule has 0 radical (unpaired) electrons. The molecule has 7 rings (SSSR count). The molecule has 2 saturated heterocycles. The summed E-state index contributed by atoms with van der Waals surface area (Å²) in [5, 5.41) is 25.3. The Morgan fingerprint density at radius 2 is 1.21 bits per heavy atom. The molecule has 4 amide bonds. The van der Waals surface area contributed by atoms with Gasteiger partial charge in [0, 0.05) is 59.8 Å². The lowest BCUT2D eigenvalue weighted by Crippen LogP contribution is -2.42. The van der Waals surface area contributed by atoms with E-state index in [1.54, 1.807) is 0 Å². The Morgan fingerprint density at radius 3 is 1.60 bits per heavy atom. The van der Waals surface area contributed by atoms with Crippen LogP contribution in [0.3, 0.4) is 0 Å². The van der Waals surface area contributed by atoms with Crippen LogP contribution in [-0.2, 0) is 19.3 Å². The van der Waals surface area contributed by atoms with Crippen LogP contribution in [-0.4, -0.2) is 93.0 Å². The van der Waals surface area contributed by atoms with Crippen molar-refractivity contribution in [3.63, 3.8) is 0 Å². The van der Waals surface area contributed by atoms with Gasteiger partial charge in [0.1, 0.15) is 23.3 Å². The van der Waals surface area contributed by atoms with E-state index in [9.17, 15) is 55.3 Å². The van der Waals surface area contributed by atoms with Crippen molar-refractivity contribution >= 4 is 52.4 Å². The molecule has 0 unspecified atom stereocenters. The Labute approximate surface area is 364 Å². The SMILES string of the molecule is NCC(=O)c1ccc(CN(C(=O)N2CC[C@@H](O)C2)c2ccc(F)c(Cl)c2)c(F)c1.O=C(N1CC[C@@H](O)C1)N(Cc1ccc(-c2nnc(C(F)(F)F)o2)cc1F)c1ccc(F)c(Cl)c1. The molecule has 4 aromatic carbocycles. The molecule has 13 nitrogen and oxygen atoms in total. The van der Waals surface area contributed by atoms with E-state index in [-0.39, 0.29) is 82.9 Å². The summed E-state index contributed by atoms with van der Waals surface area (Å²) in [5.41, 5.74) is 5.99. The Balaban J connectivity index is 0.000000213. The lowest BCUT2D eigenvalue weighted by atomic mass is 10.1. The number of β-amino-alcohol motifs (C(OH)–C–C–N with tert-alkyl or cyclic N) is 2. The Hall–Kier alpha value is -5.80. The zero-order chi connectivity index (χ0) is 45.7. The predicted octanol–water partition coefficient (Wildman–Crippen LogP) is 7.83. The molecule has 0 saturated carbocycles. The second-order valence-electron chi connectivity index (χ2n) is 14.4. The number of aromatic nitrogens is 2. The fourth-order valence-corrected chi connectivity index (χ4v) is 6.94. The molecule has 0 aliphatic carbocycles. The van der Waals surface area contributed by atoms with E-state index < -0.39 is 71.3 Å². The van der Waals surface area contributed by atoms with E-state index in [4.69, 9.17) is 28.9 Å². The summed E-state index contributed by atoms with van der Waals surface area (Å²) in [6.45, 7) is 0.118. The largest absolute Gasteiger partial charge is 0.470 e. The number of halogens is 9. The first-order valence-electron chi connectivity index (χ1n) is 18.9. The van der Waals surface area contributed by atoms with Crippen LogP contribution < -0.4 is 15.5 Å². The van der Waals surface area contributed by atoms with Crippen LogP contribution in [0.25, 0.3) is 11.5 Å². The quantitative estimate of drug-likeness (QED) is 0.0986. The maximum Gasteiger partial charge on any atom is 0.470 e. The van der Waals surface area contributed by atoms with Gasteiger partial charge in [0.25, 0.3) is 0 Å². The molecule has 0 spiro atoms. The zero-order valence-electron chi connectivity index (χ0n) is 32.6. The maximum absolute atomic E-state index is 14.9. The highest BCUT2D eigenvalue weighted by molar-refractivity contribution is 6.31. The lowest BCUT2D eigenvalue weighted by Gasteiger charge is -2.28. The number of nitrogens with zero attached hydrogens (tertiary/aromatic N) is 6. The first kappa shape index (κ1) is 46.7. The number of likely N-dealkylation sites (tertiary alicyclic amines) is 2. The van der Waals surface area contributed by atoms with Crippen molar-refractivity contribution in [2.24, 2.45) is 5.73 Å².